The van der Waals surface area contributed by atoms with Crippen LogP contribution in [0.15, 0.2) is 23.8 Å². The van der Waals surface area contributed by atoms with E-state index in [1.165, 1.54) is 6.42 Å². The summed E-state index contributed by atoms with van der Waals surface area (Å²) in [5.41, 5.74) is 2.00. The van der Waals surface area contributed by atoms with Crippen molar-refractivity contribution in [3.8, 4) is 0 Å². The van der Waals surface area contributed by atoms with Crippen molar-refractivity contribution in [1.29, 1.82) is 0 Å². The first-order chi connectivity index (χ1) is 6.86. The molecule has 1 rings (SSSR count). The van der Waals surface area contributed by atoms with Crippen molar-refractivity contribution in [3.63, 3.8) is 0 Å². The Hall–Kier alpha value is -1.05. The topological polar surface area (TPSA) is 37.3 Å². The molecule has 0 aromatic rings. The molecule has 0 aliphatic heterocycles. The summed E-state index contributed by atoms with van der Waals surface area (Å²) in [5, 5.41) is 8.97. The second-order valence-corrected chi connectivity index (χ2v) is 4.98. The minimum atomic E-state index is -0.790. The molecule has 1 atom stereocenters. The van der Waals surface area contributed by atoms with Crippen LogP contribution in [0.1, 0.15) is 40.0 Å². The van der Waals surface area contributed by atoms with Gasteiger partial charge in [-0.25, -0.2) is 0 Å². The van der Waals surface area contributed by atoms with Gasteiger partial charge in [0.15, 0.2) is 0 Å². The van der Waals surface area contributed by atoms with E-state index in [4.69, 9.17) is 5.11 Å². The molecule has 0 fully saturated rings. The molecule has 0 radical (unpaired) electrons. The molecule has 0 aromatic carbocycles. The summed E-state index contributed by atoms with van der Waals surface area (Å²) >= 11 is 0. The van der Waals surface area contributed by atoms with Gasteiger partial charge in [-0.15, -0.1) is 0 Å². The molecule has 0 saturated carbocycles. The van der Waals surface area contributed by atoms with E-state index in [2.05, 4.69) is 26.5 Å². The first-order valence-electron chi connectivity index (χ1n) is 5.49. The summed E-state index contributed by atoms with van der Waals surface area (Å²) in [4.78, 5) is 10.9. The summed E-state index contributed by atoms with van der Waals surface area (Å²) in [6.07, 6.45) is 5.50. The molecular formula is C13H20O2. The highest BCUT2D eigenvalue weighted by Crippen LogP contribution is 2.41. The largest absolute Gasteiger partial charge is 0.481 e. The van der Waals surface area contributed by atoms with Crippen molar-refractivity contribution in [2.45, 2.75) is 40.0 Å². The van der Waals surface area contributed by atoms with Crippen LogP contribution in [0, 0.1) is 11.3 Å². The fourth-order valence-corrected chi connectivity index (χ4v) is 2.15. The lowest BCUT2D eigenvalue weighted by Crippen LogP contribution is -2.24. The minimum absolute atomic E-state index is 0.0824. The van der Waals surface area contributed by atoms with E-state index in [-0.39, 0.29) is 5.41 Å². The number of rotatable bonds is 3. The van der Waals surface area contributed by atoms with Crippen LogP contribution in [-0.4, -0.2) is 11.1 Å². The van der Waals surface area contributed by atoms with Crippen LogP contribution in [0.2, 0.25) is 0 Å². The van der Waals surface area contributed by atoms with Crippen LogP contribution in [0.3, 0.4) is 0 Å². The molecule has 0 spiro atoms. The molecule has 0 heterocycles. The van der Waals surface area contributed by atoms with Gasteiger partial charge in [0.2, 0.25) is 0 Å². The Morgan fingerprint density at radius 2 is 2.20 bits per heavy atom. The van der Waals surface area contributed by atoms with Gasteiger partial charge >= 0.3 is 5.97 Å². The highest BCUT2D eigenvalue weighted by atomic mass is 16.4. The Morgan fingerprint density at radius 3 is 2.67 bits per heavy atom. The van der Waals surface area contributed by atoms with Crippen LogP contribution in [0.5, 0.6) is 0 Å². The zero-order valence-electron chi connectivity index (χ0n) is 9.84. The lowest BCUT2D eigenvalue weighted by atomic mass is 9.71. The Bertz CT molecular complexity index is 310. The van der Waals surface area contributed by atoms with Gasteiger partial charge in [-0.2, -0.15) is 0 Å². The van der Waals surface area contributed by atoms with Gasteiger partial charge in [-0.05, 0) is 42.7 Å². The minimum Gasteiger partial charge on any atom is -0.481 e. The number of allylic oxidation sites excluding steroid dienone is 2. The number of aliphatic carboxylic acids is 1. The van der Waals surface area contributed by atoms with Crippen molar-refractivity contribution < 1.29 is 9.90 Å². The summed E-state index contributed by atoms with van der Waals surface area (Å²) in [6, 6.07) is 0. The smallest absolute Gasteiger partial charge is 0.310 e. The van der Waals surface area contributed by atoms with E-state index in [1.54, 1.807) is 6.92 Å². The van der Waals surface area contributed by atoms with Gasteiger partial charge in [-0.3, -0.25) is 4.79 Å². The third kappa shape index (κ3) is 2.49. The Kier molecular flexibility index (Phi) is 3.38. The lowest BCUT2D eigenvalue weighted by Gasteiger charge is -2.34. The number of hydrogen-bond donors (Lipinski definition) is 1. The van der Waals surface area contributed by atoms with Crippen LogP contribution in [0.25, 0.3) is 0 Å². The molecule has 0 bridgehead atoms. The van der Waals surface area contributed by atoms with E-state index in [0.29, 0.717) is 0 Å². The summed E-state index contributed by atoms with van der Waals surface area (Å²) in [6.45, 7) is 9.98. The quantitative estimate of drug-likeness (QED) is 0.771. The maximum absolute atomic E-state index is 10.9. The Balaban J connectivity index is 2.92. The van der Waals surface area contributed by atoms with Gasteiger partial charge < -0.3 is 5.11 Å². The van der Waals surface area contributed by atoms with Crippen molar-refractivity contribution in [2.24, 2.45) is 11.3 Å². The molecule has 0 saturated heterocycles. The molecular weight excluding hydrogens is 188 g/mol. The first kappa shape index (κ1) is 12.0. The highest BCUT2D eigenvalue weighted by molar-refractivity contribution is 5.74. The monoisotopic (exact) mass is 208 g/mol. The standard InChI is InChI=1S/C13H20O2/c1-9(10(2)12(14)15)11-7-5-6-8-13(11,3)4/h7,10H,1,5-6,8H2,2-4H3,(H,14,15). The Morgan fingerprint density at radius 1 is 1.60 bits per heavy atom. The predicted molar refractivity (Wildman–Crippen MR) is 61.7 cm³/mol. The summed E-state index contributed by atoms with van der Waals surface area (Å²) < 4.78 is 0. The van der Waals surface area contributed by atoms with Crippen LogP contribution in [0.4, 0.5) is 0 Å². The van der Waals surface area contributed by atoms with Crippen LogP contribution >= 0.6 is 0 Å². The zero-order valence-corrected chi connectivity index (χ0v) is 9.84. The van der Waals surface area contributed by atoms with Crippen molar-refractivity contribution in [1.82, 2.24) is 0 Å². The van der Waals surface area contributed by atoms with Gasteiger partial charge in [0.05, 0.1) is 5.92 Å². The van der Waals surface area contributed by atoms with Crippen LogP contribution in [-0.2, 0) is 4.79 Å². The maximum atomic E-state index is 10.9. The highest BCUT2D eigenvalue weighted by Gasteiger charge is 2.30. The van der Waals surface area contributed by atoms with E-state index >= 15 is 0 Å². The molecule has 1 aliphatic rings. The lowest BCUT2D eigenvalue weighted by molar-refractivity contribution is -0.139. The fraction of sp³-hybridized carbons (Fsp3) is 0.615. The fourth-order valence-electron chi connectivity index (χ4n) is 2.15. The van der Waals surface area contributed by atoms with Gasteiger partial charge in [-0.1, -0.05) is 26.5 Å². The number of hydrogen-bond acceptors (Lipinski definition) is 1. The average molecular weight is 208 g/mol. The van der Waals surface area contributed by atoms with E-state index in [1.807, 2.05) is 0 Å². The molecule has 15 heavy (non-hydrogen) atoms. The third-order valence-corrected chi connectivity index (χ3v) is 3.32. The molecule has 1 unspecified atom stereocenters. The molecule has 1 N–H and O–H groups in total. The molecule has 1 aliphatic carbocycles. The maximum Gasteiger partial charge on any atom is 0.310 e. The SMILES string of the molecule is C=C(C1=CCCCC1(C)C)C(C)C(=O)O. The molecule has 0 aromatic heterocycles. The Labute approximate surface area is 91.7 Å². The predicted octanol–water partition coefficient (Wildman–Crippen LogP) is 3.40. The molecule has 2 nitrogen and oxygen atoms in total. The van der Waals surface area contributed by atoms with E-state index in [9.17, 15) is 4.79 Å². The summed E-state index contributed by atoms with van der Waals surface area (Å²) in [5.74, 6) is -1.27. The van der Waals surface area contributed by atoms with E-state index < -0.39 is 11.9 Å². The average Bonchev–Trinajstić information content (AvgIpc) is 2.15. The van der Waals surface area contributed by atoms with Crippen molar-refractivity contribution in [2.75, 3.05) is 0 Å². The molecule has 84 valence electrons. The second kappa shape index (κ2) is 4.21. The molecule has 2 heteroatoms. The third-order valence-electron chi connectivity index (χ3n) is 3.32. The molecule has 0 amide bonds. The van der Waals surface area contributed by atoms with Crippen molar-refractivity contribution in [3.05, 3.63) is 23.8 Å². The number of carbonyl (C=O) groups is 1. The van der Waals surface area contributed by atoms with Gasteiger partial charge in [0, 0.05) is 0 Å². The number of carboxylic acid groups (broad SMARTS) is 1. The first-order valence-corrected chi connectivity index (χ1v) is 5.49. The second-order valence-electron chi connectivity index (χ2n) is 4.98. The summed E-state index contributed by atoms with van der Waals surface area (Å²) in [7, 11) is 0. The van der Waals surface area contributed by atoms with Gasteiger partial charge in [0.25, 0.3) is 0 Å². The normalized spacial score (nSPS) is 21.7. The van der Waals surface area contributed by atoms with E-state index in [0.717, 1.165) is 24.0 Å². The van der Waals surface area contributed by atoms with Crippen molar-refractivity contribution >= 4 is 5.97 Å². The zero-order chi connectivity index (χ0) is 11.6. The number of carboxylic acids is 1. The van der Waals surface area contributed by atoms with Crippen LogP contribution < -0.4 is 0 Å². The van der Waals surface area contributed by atoms with Gasteiger partial charge in [0.1, 0.15) is 0 Å².